The van der Waals surface area contributed by atoms with Crippen LogP contribution in [0.5, 0.6) is 0 Å². The Bertz CT molecular complexity index is 436. The molecule has 0 bridgehead atoms. The van der Waals surface area contributed by atoms with Gasteiger partial charge in [-0.15, -0.1) is 0 Å². The summed E-state index contributed by atoms with van der Waals surface area (Å²) in [5.74, 6) is 0. The Labute approximate surface area is 122 Å². The average molecular weight is 274 g/mol. The Morgan fingerprint density at radius 3 is 2.35 bits per heavy atom. The topological polar surface area (TPSA) is 56.0 Å². The van der Waals surface area contributed by atoms with Gasteiger partial charge in [0.1, 0.15) is 0 Å². The lowest BCUT2D eigenvalue weighted by molar-refractivity contribution is 0.174. The molecule has 1 aromatic rings. The van der Waals surface area contributed by atoms with Crippen molar-refractivity contribution in [3.8, 4) is 6.07 Å². The van der Waals surface area contributed by atoms with Gasteiger partial charge in [-0.2, -0.15) is 5.26 Å². The second-order valence-corrected chi connectivity index (χ2v) is 6.24. The van der Waals surface area contributed by atoms with E-state index in [1.807, 2.05) is 51.1 Å². The van der Waals surface area contributed by atoms with E-state index in [4.69, 9.17) is 5.26 Å². The number of aliphatic hydroxyl groups excluding tert-OH is 1. The molecule has 0 aromatic heterocycles. The third kappa shape index (κ3) is 4.96. The maximum Gasteiger partial charge on any atom is 0.0683 e. The van der Waals surface area contributed by atoms with Gasteiger partial charge in [0, 0.05) is 0 Å². The summed E-state index contributed by atoms with van der Waals surface area (Å²) in [5, 5.41) is 22.1. The summed E-state index contributed by atoms with van der Waals surface area (Å²) in [6.07, 6.45) is 2.93. The standard InChI is InChI=1S/C17H26N2O/c1-16(2,13-18)11-7-8-12-19-17(3,14-20)15-9-5-4-6-10-15/h4-6,9-10,19-20H,7-8,11-12,14H2,1-3H3. The van der Waals surface area contributed by atoms with E-state index in [9.17, 15) is 5.11 Å². The van der Waals surface area contributed by atoms with Crippen molar-refractivity contribution in [1.82, 2.24) is 5.32 Å². The van der Waals surface area contributed by atoms with Gasteiger partial charge in [0.05, 0.1) is 23.6 Å². The Balaban J connectivity index is 2.42. The lowest BCUT2D eigenvalue weighted by Gasteiger charge is -2.29. The zero-order chi connectivity index (χ0) is 15.1. The Morgan fingerprint density at radius 2 is 1.80 bits per heavy atom. The number of unbranched alkanes of at least 4 members (excludes halogenated alkanes) is 1. The zero-order valence-electron chi connectivity index (χ0n) is 12.8. The number of benzene rings is 1. The molecule has 0 aliphatic heterocycles. The predicted octanol–water partition coefficient (Wildman–Crippen LogP) is 3.20. The van der Waals surface area contributed by atoms with E-state index in [0.717, 1.165) is 31.4 Å². The number of hydrogen-bond donors (Lipinski definition) is 2. The number of nitrogens with one attached hydrogen (secondary N) is 1. The molecule has 0 amide bonds. The molecule has 0 saturated carbocycles. The molecule has 0 saturated heterocycles. The van der Waals surface area contributed by atoms with Gasteiger partial charge in [0.25, 0.3) is 0 Å². The van der Waals surface area contributed by atoms with E-state index in [1.54, 1.807) is 0 Å². The molecule has 0 fully saturated rings. The molecule has 1 atom stereocenters. The molecule has 1 rings (SSSR count). The summed E-state index contributed by atoms with van der Waals surface area (Å²) in [4.78, 5) is 0. The van der Waals surface area contributed by atoms with E-state index >= 15 is 0 Å². The second-order valence-electron chi connectivity index (χ2n) is 6.24. The van der Waals surface area contributed by atoms with E-state index in [-0.39, 0.29) is 12.0 Å². The van der Waals surface area contributed by atoms with Crippen LogP contribution in [0.25, 0.3) is 0 Å². The van der Waals surface area contributed by atoms with Crippen molar-refractivity contribution in [3.63, 3.8) is 0 Å². The number of hydrogen-bond acceptors (Lipinski definition) is 3. The van der Waals surface area contributed by atoms with Crippen LogP contribution in [0.1, 0.15) is 45.6 Å². The van der Waals surface area contributed by atoms with Crippen molar-refractivity contribution in [2.45, 2.75) is 45.6 Å². The molecule has 1 unspecified atom stereocenters. The average Bonchev–Trinajstić information content (AvgIpc) is 2.47. The monoisotopic (exact) mass is 274 g/mol. The van der Waals surface area contributed by atoms with Crippen LogP contribution in [0.3, 0.4) is 0 Å². The molecular formula is C17H26N2O. The van der Waals surface area contributed by atoms with Gasteiger partial charge in [0.15, 0.2) is 0 Å². The number of rotatable bonds is 8. The van der Waals surface area contributed by atoms with Gasteiger partial charge in [0.2, 0.25) is 0 Å². The smallest absolute Gasteiger partial charge is 0.0683 e. The quantitative estimate of drug-likeness (QED) is 0.716. The first-order valence-electron chi connectivity index (χ1n) is 7.26. The maximum atomic E-state index is 9.66. The normalized spacial score (nSPS) is 14.6. The molecule has 0 spiro atoms. The molecule has 1 aromatic carbocycles. The van der Waals surface area contributed by atoms with Crippen LogP contribution in [0, 0.1) is 16.7 Å². The molecular weight excluding hydrogens is 248 g/mol. The first-order chi connectivity index (χ1) is 9.43. The van der Waals surface area contributed by atoms with Crippen molar-refractivity contribution in [3.05, 3.63) is 35.9 Å². The highest BCUT2D eigenvalue weighted by Crippen LogP contribution is 2.22. The maximum absolute atomic E-state index is 9.66. The van der Waals surface area contributed by atoms with Crippen molar-refractivity contribution in [2.75, 3.05) is 13.2 Å². The molecule has 0 radical (unpaired) electrons. The Hall–Kier alpha value is -1.37. The van der Waals surface area contributed by atoms with Gasteiger partial charge in [-0.05, 0) is 45.7 Å². The lowest BCUT2D eigenvalue weighted by atomic mass is 9.89. The molecule has 0 aliphatic rings. The van der Waals surface area contributed by atoms with Gasteiger partial charge in [-0.1, -0.05) is 36.8 Å². The summed E-state index contributed by atoms with van der Waals surface area (Å²) in [6, 6.07) is 12.3. The van der Waals surface area contributed by atoms with E-state index in [2.05, 4.69) is 11.4 Å². The van der Waals surface area contributed by atoms with Crippen LogP contribution >= 0.6 is 0 Å². The number of aliphatic hydroxyl groups is 1. The lowest BCUT2D eigenvalue weighted by Crippen LogP contribution is -2.43. The van der Waals surface area contributed by atoms with Crippen LogP contribution in [0.15, 0.2) is 30.3 Å². The SMILES string of the molecule is CC(C)(C#N)CCCCNC(C)(CO)c1ccccc1. The van der Waals surface area contributed by atoms with Crippen LogP contribution < -0.4 is 5.32 Å². The summed E-state index contributed by atoms with van der Waals surface area (Å²) in [6.45, 7) is 6.88. The molecule has 20 heavy (non-hydrogen) atoms. The van der Waals surface area contributed by atoms with Crippen LogP contribution in [-0.2, 0) is 5.54 Å². The van der Waals surface area contributed by atoms with E-state index in [1.165, 1.54) is 0 Å². The molecule has 3 nitrogen and oxygen atoms in total. The summed E-state index contributed by atoms with van der Waals surface area (Å²) in [7, 11) is 0. The van der Waals surface area contributed by atoms with Crippen molar-refractivity contribution < 1.29 is 5.11 Å². The van der Waals surface area contributed by atoms with Crippen LogP contribution in [-0.4, -0.2) is 18.3 Å². The first-order valence-corrected chi connectivity index (χ1v) is 7.26. The fourth-order valence-corrected chi connectivity index (χ4v) is 2.17. The Morgan fingerprint density at radius 1 is 1.15 bits per heavy atom. The Kier molecular flexibility index (Phi) is 6.19. The van der Waals surface area contributed by atoms with Crippen LogP contribution in [0.2, 0.25) is 0 Å². The minimum atomic E-state index is -0.397. The highest BCUT2D eigenvalue weighted by molar-refractivity contribution is 5.23. The van der Waals surface area contributed by atoms with Crippen LogP contribution in [0.4, 0.5) is 0 Å². The van der Waals surface area contributed by atoms with Crippen molar-refractivity contribution >= 4 is 0 Å². The van der Waals surface area contributed by atoms with Gasteiger partial charge in [-0.25, -0.2) is 0 Å². The molecule has 3 heteroatoms. The highest BCUT2D eigenvalue weighted by atomic mass is 16.3. The third-order valence-electron chi connectivity index (χ3n) is 3.77. The highest BCUT2D eigenvalue weighted by Gasteiger charge is 2.24. The van der Waals surface area contributed by atoms with Crippen molar-refractivity contribution in [2.24, 2.45) is 5.41 Å². The third-order valence-corrected chi connectivity index (χ3v) is 3.77. The number of nitrogens with zero attached hydrogens (tertiary/aromatic N) is 1. The predicted molar refractivity (Wildman–Crippen MR) is 82.1 cm³/mol. The van der Waals surface area contributed by atoms with E-state index < -0.39 is 5.54 Å². The molecule has 0 aliphatic carbocycles. The molecule has 2 N–H and O–H groups in total. The van der Waals surface area contributed by atoms with Gasteiger partial charge in [-0.3, -0.25) is 0 Å². The summed E-state index contributed by atoms with van der Waals surface area (Å²) >= 11 is 0. The second kappa shape index (κ2) is 7.42. The number of nitriles is 1. The van der Waals surface area contributed by atoms with Gasteiger partial charge >= 0.3 is 0 Å². The van der Waals surface area contributed by atoms with Gasteiger partial charge < -0.3 is 10.4 Å². The fraction of sp³-hybridized carbons (Fsp3) is 0.588. The molecule has 0 heterocycles. The molecule has 110 valence electrons. The summed E-state index contributed by atoms with van der Waals surface area (Å²) < 4.78 is 0. The first kappa shape index (κ1) is 16.7. The van der Waals surface area contributed by atoms with E-state index in [0.29, 0.717) is 0 Å². The minimum absolute atomic E-state index is 0.0701. The van der Waals surface area contributed by atoms with Crippen molar-refractivity contribution in [1.29, 1.82) is 5.26 Å². The minimum Gasteiger partial charge on any atom is -0.394 e. The zero-order valence-corrected chi connectivity index (χ0v) is 12.8. The largest absolute Gasteiger partial charge is 0.394 e. The summed E-state index contributed by atoms with van der Waals surface area (Å²) in [5.41, 5.74) is 0.464. The fourth-order valence-electron chi connectivity index (χ4n) is 2.17.